The van der Waals surface area contributed by atoms with Crippen LogP contribution in [0.4, 0.5) is 0 Å². The molecule has 3 aliphatic rings. The molecule has 1 unspecified atom stereocenters. The Morgan fingerprint density at radius 3 is 2.76 bits per heavy atom. The normalized spacial score (nSPS) is 27.0. The molecule has 0 radical (unpaired) electrons. The van der Waals surface area contributed by atoms with Crippen molar-refractivity contribution in [1.82, 2.24) is 9.80 Å². The van der Waals surface area contributed by atoms with Gasteiger partial charge in [-0.05, 0) is 56.7 Å². The van der Waals surface area contributed by atoms with Gasteiger partial charge in [-0.15, -0.1) is 0 Å². The van der Waals surface area contributed by atoms with Gasteiger partial charge >= 0.3 is 0 Å². The first kappa shape index (κ1) is 16.9. The zero-order chi connectivity index (χ0) is 17.1. The predicted molar refractivity (Wildman–Crippen MR) is 98.6 cm³/mol. The Labute approximate surface area is 151 Å². The van der Waals surface area contributed by atoms with E-state index in [1.807, 2.05) is 30.3 Å². The van der Waals surface area contributed by atoms with Crippen LogP contribution in [-0.4, -0.2) is 55.0 Å². The Bertz CT molecular complexity index is 587. The summed E-state index contributed by atoms with van der Waals surface area (Å²) in [6.07, 6.45) is 7.10. The molecule has 0 aromatic heterocycles. The van der Waals surface area contributed by atoms with Crippen molar-refractivity contribution in [3.05, 3.63) is 30.3 Å². The van der Waals surface area contributed by atoms with Gasteiger partial charge in [-0.2, -0.15) is 0 Å². The van der Waals surface area contributed by atoms with Crippen molar-refractivity contribution in [2.24, 2.45) is 11.3 Å². The van der Waals surface area contributed by atoms with Crippen LogP contribution in [0.3, 0.4) is 0 Å². The van der Waals surface area contributed by atoms with Gasteiger partial charge in [0.25, 0.3) is 0 Å². The summed E-state index contributed by atoms with van der Waals surface area (Å²) in [7, 11) is 0. The molecular weight excluding hydrogens is 312 g/mol. The standard InChI is InChI=1S/C21H30N2O2/c24-20(9-14-25-19-5-2-1-3-6-19)23-13-11-21(17-23)10-4-12-22(16-21)15-18-7-8-18/h1-3,5-6,18H,4,7-17H2. The lowest BCUT2D eigenvalue weighted by Gasteiger charge is -2.40. The number of amides is 1. The molecular formula is C21H30N2O2. The molecule has 2 heterocycles. The molecule has 4 rings (SSSR count). The maximum Gasteiger partial charge on any atom is 0.226 e. The second-order valence-corrected chi connectivity index (χ2v) is 8.26. The Kier molecular flexibility index (Phi) is 4.98. The predicted octanol–water partition coefficient (Wildman–Crippen LogP) is 3.18. The molecule has 1 amide bonds. The lowest BCUT2D eigenvalue weighted by atomic mass is 9.79. The summed E-state index contributed by atoms with van der Waals surface area (Å²) in [5, 5.41) is 0. The summed E-state index contributed by atoms with van der Waals surface area (Å²) < 4.78 is 5.69. The topological polar surface area (TPSA) is 32.8 Å². The summed E-state index contributed by atoms with van der Waals surface area (Å²) in [5.41, 5.74) is 0.364. The number of para-hydroxylation sites is 1. The van der Waals surface area contributed by atoms with Crippen molar-refractivity contribution < 1.29 is 9.53 Å². The van der Waals surface area contributed by atoms with Crippen LogP contribution in [0.5, 0.6) is 5.75 Å². The van der Waals surface area contributed by atoms with Crippen molar-refractivity contribution in [3.8, 4) is 5.75 Å². The zero-order valence-corrected chi connectivity index (χ0v) is 15.2. The highest BCUT2D eigenvalue weighted by molar-refractivity contribution is 5.76. The fourth-order valence-corrected chi connectivity index (χ4v) is 4.54. The highest BCUT2D eigenvalue weighted by Gasteiger charge is 2.43. The Morgan fingerprint density at radius 2 is 1.96 bits per heavy atom. The van der Waals surface area contributed by atoms with Gasteiger partial charge in [0.05, 0.1) is 13.0 Å². The third-order valence-electron chi connectivity index (χ3n) is 6.07. The lowest BCUT2D eigenvalue weighted by Crippen LogP contribution is -2.46. The van der Waals surface area contributed by atoms with Crippen LogP contribution < -0.4 is 4.74 Å². The SMILES string of the molecule is O=C(CCOc1ccccc1)N1CCC2(CCCN(CC3CC3)C2)C1. The molecule has 25 heavy (non-hydrogen) atoms. The molecule has 0 bridgehead atoms. The molecule has 1 aromatic carbocycles. The molecule has 2 saturated heterocycles. The second kappa shape index (κ2) is 7.36. The summed E-state index contributed by atoms with van der Waals surface area (Å²) in [6, 6.07) is 9.76. The molecule has 1 spiro atoms. The number of ether oxygens (including phenoxy) is 1. The number of rotatable bonds is 6. The van der Waals surface area contributed by atoms with Gasteiger partial charge in [0.1, 0.15) is 5.75 Å². The molecule has 136 valence electrons. The maximum atomic E-state index is 12.6. The smallest absolute Gasteiger partial charge is 0.226 e. The highest BCUT2D eigenvalue weighted by atomic mass is 16.5. The number of likely N-dealkylation sites (tertiary alicyclic amines) is 2. The van der Waals surface area contributed by atoms with Crippen LogP contribution in [0.1, 0.15) is 38.5 Å². The first-order valence-corrected chi connectivity index (χ1v) is 9.90. The van der Waals surface area contributed by atoms with Gasteiger partial charge in [-0.1, -0.05) is 18.2 Å². The maximum absolute atomic E-state index is 12.6. The van der Waals surface area contributed by atoms with E-state index in [1.54, 1.807) is 0 Å². The van der Waals surface area contributed by atoms with Crippen LogP contribution in [0.2, 0.25) is 0 Å². The van der Waals surface area contributed by atoms with Crippen LogP contribution >= 0.6 is 0 Å². The third-order valence-corrected chi connectivity index (χ3v) is 6.07. The fraction of sp³-hybridized carbons (Fsp3) is 0.667. The van der Waals surface area contributed by atoms with Gasteiger partial charge in [0.2, 0.25) is 5.91 Å². The molecule has 0 N–H and O–H groups in total. The largest absolute Gasteiger partial charge is 0.493 e. The van der Waals surface area contributed by atoms with Crippen LogP contribution in [0.25, 0.3) is 0 Å². The third kappa shape index (κ3) is 4.35. The molecule has 4 nitrogen and oxygen atoms in total. The van der Waals surface area contributed by atoms with E-state index in [0.29, 0.717) is 18.4 Å². The monoisotopic (exact) mass is 342 g/mol. The van der Waals surface area contributed by atoms with Crippen LogP contribution in [0, 0.1) is 11.3 Å². The average Bonchev–Trinajstić information content (AvgIpc) is 3.35. The van der Waals surface area contributed by atoms with E-state index in [9.17, 15) is 4.79 Å². The Balaban J connectivity index is 1.24. The van der Waals surface area contributed by atoms with Crippen molar-refractivity contribution in [2.45, 2.75) is 38.5 Å². The number of hydrogen-bond donors (Lipinski definition) is 0. The second-order valence-electron chi connectivity index (χ2n) is 8.26. The molecule has 3 fully saturated rings. The van der Waals surface area contributed by atoms with Crippen molar-refractivity contribution in [1.29, 1.82) is 0 Å². The summed E-state index contributed by atoms with van der Waals surface area (Å²) in [5.74, 6) is 2.06. The number of piperidine rings is 1. The number of nitrogens with zero attached hydrogens (tertiary/aromatic N) is 2. The zero-order valence-electron chi connectivity index (χ0n) is 15.2. The van der Waals surface area contributed by atoms with Crippen molar-refractivity contribution in [2.75, 3.05) is 39.3 Å². The summed E-state index contributed by atoms with van der Waals surface area (Å²) >= 11 is 0. The fourth-order valence-electron chi connectivity index (χ4n) is 4.54. The molecule has 4 heteroatoms. The molecule has 1 aliphatic carbocycles. The average molecular weight is 342 g/mol. The highest BCUT2D eigenvalue weighted by Crippen LogP contribution is 2.40. The van der Waals surface area contributed by atoms with Gasteiger partial charge in [0, 0.05) is 31.6 Å². The summed E-state index contributed by atoms with van der Waals surface area (Å²) in [4.78, 5) is 17.3. The quantitative estimate of drug-likeness (QED) is 0.796. The Morgan fingerprint density at radius 1 is 1.12 bits per heavy atom. The molecule has 1 atom stereocenters. The van der Waals surface area contributed by atoms with Crippen molar-refractivity contribution >= 4 is 5.91 Å². The molecule has 1 saturated carbocycles. The van der Waals surface area contributed by atoms with E-state index >= 15 is 0 Å². The minimum absolute atomic E-state index is 0.257. The van der Waals surface area contributed by atoms with Gasteiger partial charge in [0.15, 0.2) is 0 Å². The number of benzene rings is 1. The van der Waals surface area contributed by atoms with E-state index in [1.165, 1.54) is 51.7 Å². The first-order chi connectivity index (χ1) is 12.2. The van der Waals surface area contributed by atoms with E-state index in [4.69, 9.17) is 4.74 Å². The van der Waals surface area contributed by atoms with Gasteiger partial charge < -0.3 is 14.5 Å². The van der Waals surface area contributed by atoms with E-state index in [0.717, 1.165) is 24.8 Å². The van der Waals surface area contributed by atoms with Crippen LogP contribution in [0.15, 0.2) is 30.3 Å². The van der Waals surface area contributed by atoms with Crippen LogP contribution in [-0.2, 0) is 4.79 Å². The van der Waals surface area contributed by atoms with E-state index < -0.39 is 0 Å². The van der Waals surface area contributed by atoms with Gasteiger partial charge in [-0.25, -0.2) is 0 Å². The molecule has 2 aliphatic heterocycles. The lowest BCUT2D eigenvalue weighted by molar-refractivity contribution is -0.131. The van der Waals surface area contributed by atoms with Crippen molar-refractivity contribution in [3.63, 3.8) is 0 Å². The minimum atomic E-state index is 0.257. The number of carbonyl (C=O) groups is 1. The summed E-state index contributed by atoms with van der Waals surface area (Å²) in [6.45, 7) is 6.12. The minimum Gasteiger partial charge on any atom is -0.493 e. The number of carbonyl (C=O) groups excluding carboxylic acids is 1. The molecule has 1 aromatic rings. The van der Waals surface area contributed by atoms with E-state index in [-0.39, 0.29) is 5.91 Å². The Hall–Kier alpha value is -1.55. The number of hydrogen-bond acceptors (Lipinski definition) is 3. The van der Waals surface area contributed by atoms with Gasteiger partial charge in [-0.3, -0.25) is 4.79 Å². The van der Waals surface area contributed by atoms with E-state index in [2.05, 4.69) is 9.80 Å². The first-order valence-electron chi connectivity index (χ1n) is 9.90.